The molecule has 0 radical (unpaired) electrons. The highest BCUT2D eigenvalue weighted by Gasteiger charge is 2.41. The predicted octanol–water partition coefficient (Wildman–Crippen LogP) is 3.61. The second kappa shape index (κ2) is 9.38. The molecule has 0 aromatic carbocycles. The number of carbonyl (C=O) groups excluding carboxylic acids is 3. The van der Waals surface area contributed by atoms with Crippen LogP contribution < -0.4 is 10.6 Å². The van der Waals surface area contributed by atoms with E-state index in [9.17, 15) is 14.4 Å². The highest BCUT2D eigenvalue weighted by molar-refractivity contribution is 5.74. The number of likely N-dealkylation sites (tertiary alicyclic amines) is 1. The molecule has 0 aromatic heterocycles. The molecule has 1 aliphatic carbocycles. The highest BCUT2D eigenvalue weighted by Crippen LogP contribution is 2.46. The van der Waals surface area contributed by atoms with Gasteiger partial charge in [0.05, 0.1) is 6.04 Å². The lowest BCUT2D eigenvalue weighted by atomic mass is 9.63. The van der Waals surface area contributed by atoms with Crippen LogP contribution >= 0.6 is 0 Å². The standard InChI is InChI=1S/C22H38N4O4/c1-20(2,3)30-19(29)26-9-7-16(8-10-26)25-18(28)23-14-22(6)12-17(24-15-27)11-21(4,5)13-22/h16-17H,7-14H2,1-6H3,(H2,23,25,28). The Morgan fingerprint density at radius 3 is 2.37 bits per heavy atom. The largest absolute Gasteiger partial charge is 0.444 e. The first-order valence-corrected chi connectivity index (χ1v) is 10.9. The summed E-state index contributed by atoms with van der Waals surface area (Å²) in [4.78, 5) is 41.0. The molecule has 170 valence electrons. The number of nitrogens with zero attached hydrogens (tertiary/aromatic N) is 2. The third kappa shape index (κ3) is 7.63. The Balaban J connectivity index is 1.78. The number of urea groups is 1. The summed E-state index contributed by atoms with van der Waals surface area (Å²) in [5.74, 6) is 0. The summed E-state index contributed by atoms with van der Waals surface area (Å²) >= 11 is 0. The topological polar surface area (TPSA) is 100 Å². The van der Waals surface area contributed by atoms with Crippen molar-refractivity contribution in [2.45, 2.75) is 91.3 Å². The molecule has 2 rings (SSSR count). The average Bonchev–Trinajstić information content (AvgIpc) is 2.58. The van der Waals surface area contributed by atoms with Gasteiger partial charge >= 0.3 is 12.1 Å². The molecule has 1 saturated carbocycles. The van der Waals surface area contributed by atoms with Gasteiger partial charge in [0.2, 0.25) is 6.08 Å². The van der Waals surface area contributed by atoms with Gasteiger partial charge in [-0.1, -0.05) is 20.8 Å². The summed E-state index contributed by atoms with van der Waals surface area (Å²) < 4.78 is 5.41. The van der Waals surface area contributed by atoms with Crippen molar-refractivity contribution in [3.05, 3.63) is 0 Å². The van der Waals surface area contributed by atoms with Crippen LogP contribution in [-0.4, -0.2) is 60.4 Å². The monoisotopic (exact) mass is 422 g/mol. The number of piperidine rings is 1. The number of hydrogen-bond donors (Lipinski definition) is 2. The third-order valence-electron chi connectivity index (χ3n) is 5.81. The lowest BCUT2D eigenvalue weighted by Gasteiger charge is -2.45. The maximum absolute atomic E-state index is 12.5. The Morgan fingerprint density at radius 1 is 1.17 bits per heavy atom. The van der Waals surface area contributed by atoms with Crippen molar-refractivity contribution in [2.24, 2.45) is 15.8 Å². The van der Waals surface area contributed by atoms with Crippen molar-refractivity contribution in [3.8, 4) is 0 Å². The van der Waals surface area contributed by atoms with Gasteiger partial charge in [0, 0.05) is 25.7 Å². The molecule has 8 heteroatoms. The Morgan fingerprint density at radius 2 is 1.80 bits per heavy atom. The minimum Gasteiger partial charge on any atom is -0.444 e. The fourth-order valence-electron chi connectivity index (χ4n) is 4.94. The van der Waals surface area contributed by atoms with Gasteiger partial charge in [-0.3, -0.25) is 0 Å². The molecule has 0 aromatic rings. The predicted molar refractivity (Wildman–Crippen MR) is 115 cm³/mol. The summed E-state index contributed by atoms with van der Waals surface area (Å²) in [6, 6.07) is -0.198. The molecule has 2 atom stereocenters. The zero-order valence-electron chi connectivity index (χ0n) is 19.3. The van der Waals surface area contributed by atoms with E-state index in [0.717, 1.165) is 19.3 Å². The molecule has 2 fully saturated rings. The van der Waals surface area contributed by atoms with Gasteiger partial charge in [0.15, 0.2) is 0 Å². The molecule has 8 nitrogen and oxygen atoms in total. The molecule has 30 heavy (non-hydrogen) atoms. The van der Waals surface area contributed by atoms with Crippen molar-refractivity contribution < 1.29 is 19.1 Å². The van der Waals surface area contributed by atoms with E-state index in [0.29, 0.717) is 32.5 Å². The lowest BCUT2D eigenvalue weighted by Crippen LogP contribution is -2.52. The van der Waals surface area contributed by atoms with E-state index in [1.54, 1.807) is 11.0 Å². The van der Waals surface area contributed by atoms with Crippen LogP contribution in [0.4, 0.5) is 9.59 Å². The van der Waals surface area contributed by atoms with E-state index in [-0.39, 0.29) is 35.0 Å². The van der Waals surface area contributed by atoms with Crippen LogP contribution in [-0.2, 0) is 9.53 Å². The minimum absolute atomic E-state index is 0.0340. The van der Waals surface area contributed by atoms with Crippen LogP contribution in [0, 0.1) is 10.8 Å². The molecule has 0 spiro atoms. The Hall–Kier alpha value is -2.08. The van der Waals surface area contributed by atoms with E-state index < -0.39 is 5.60 Å². The van der Waals surface area contributed by atoms with Crippen molar-refractivity contribution in [1.29, 1.82) is 0 Å². The summed E-state index contributed by atoms with van der Waals surface area (Å²) in [6.07, 6.45) is 5.38. The SMILES string of the molecule is CC1(C)CC(N=C=O)CC(C)(CNC(=O)NC2CCN(C(=O)OC(C)(C)C)CC2)C1. The molecular weight excluding hydrogens is 384 g/mol. The Kier molecular flexibility index (Phi) is 7.56. The highest BCUT2D eigenvalue weighted by atomic mass is 16.6. The van der Waals surface area contributed by atoms with Gasteiger partial charge < -0.3 is 20.3 Å². The second-order valence-corrected chi connectivity index (χ2v) is 11.0. The molecule has 1 saturated heterocycles. The van der Waals surface area contributed by atoms with Crippen LogP contribution in [0.25, 0.3) is 0 Å². The summed E-state index contributed by atoms with van der Waals surface area (Å²) in [6.45, 7) is 13.7. The number of rotatable bonds is 4. The summed E-state index contributed by atoms with van der Waals surface area (Å²) in [5, 5.41) is 6.04. The quantitative estimate of drug-likeness (QED) is 0.534. The first kappa shape index (κ1) is 24.2. The zero-order chi connectivity index (χ0) is 22.6. The number of nitrogens with one attached hydrogen (secondary N) is 2. The number of amides is 3. The van der Waals surface area contributed by atoms with Crippen LogP contribution in [0.5, 0.6) is 0 Å². The number of aliphatic imine (C=N–C) groups is 1. The van der Waals surface area contributed by atoms with Gasteiger partial charge in [-0.15, -0.1) is 0 Å². The van der Waals surface area contributed by atoms with Crippen LogP contribution in [0.1, 0.15) is 73.6 Å². The maximum atomic E-state index is 12.5. The van der Waals surface area contributed by atoms with E-state index in [4.69, 9.17) is 4.74 Å². The van der Waals surface area contributed by atoms with Gasteiger partial charge in [-0.05, 0) is 63.7 Å². The Bertz CT molecular complexity index is 673. The Labute approximate surface area is 180 Å². The number of ether oxygens (including phenoxy) is 1. The van der Waals surface area contributed by atoms with Crippen molar-refractivity contribution >= 4 is 18.2 Å². The van der Waals surface area contributed by atoms with Crippen LogP contribution in [0.2, 0.25) is 0 Å². The van der Waals surface area contributed by atoms with E-state index in [1.807, 2.05) is 20.8 Å². The normalized spacial score (nSPS) is 27.0. The molecule has 0 bridgehead atoms. The zero-order valence-corrected chi connectivity index (χ0v) is 19.3. The molecular formula is C22H38N4O4. The third-order valence-corrected chi connectivity index (χ3v) is 5.81. The molecule has 1 heterocycles. The maximum Gasteiger partial charge on any atom is 0.410 e. The van der Waals surface area contributed by atoms with Crippen molar-refractivity contribution in [2.75, 3.05) is 19.6 Å². The smallest absolute Gasteiger partial charge is 0.410 e. The van der Waals surface area contributed by atoms with Crippen LogP contribution in [0.15, 0.2) is 4.99 Å². The number of carbonyl (C=O) groups is 2. The average molecular weight is 423 g/mol. The van der Waals surface area contributed by atoms with Gasteiger partial charge in [0.25, 0.3) is 0 Å². The fourth-order valence-corrected chi connectivity index (χ4v) is 4.94. The van der Waals surface area contributed by atoms with E-state index in [1.165, 1.54) is 0 Å². The van der Waals surface area contributed by atoms with Crippen LogP contribution in [0.3, 0.4) is 0 Å². The molecule has 1 aliphatic heterocycles. The van der Waals surface area contributed by atoms with Crippen molar-refractivity contribution in [3.63, 3.8) is 0 Å². The molecule has 3 amide bonds. The molecule has 2 aliphatic rings. The van der Waals surface area contributed by atoms with Gasteiger partial charge in [-0.25, -0.2) is 19.4 Å². The van der Waals surface area contributed by atoms with Gasteiger partial charge in [-0.2, -0.15) is 0 Å². The van der Waals surface area contributed by atoms with Gasteiger partial charge in [0.1, 0.15) is 5.60 Å². The fraction of sp³-hybridized carbons (Fsp3) is 0.864. The van der Waals surface area contributed by atoms with E-state index >= 15 is 0 Å². The molecule has 2 unspecified atom stereocenters. The summed E-state index contributed by atoms with van der Waals surface area (Å²) in [5.41, 5.74) is -0.569. The second-order valence-electron chi connectivity index (χ2n) is 11.0. The summed E-state index contributed by atoms with van der Waals surface area (Å²) in [7, 11) is 0. The first-order valence-electron chi connectivity index (χ1n) is 10.9. The molecule has 2 N–H and O–H groups in total. The first-order chi connectivity index (χ1) is 13.8. The van der Waals surface area contributed by atoms with E-state index in [2.05, 4.69) is 36.4 Å². The minimum atomic E-state index is -0.508. The van der Waals surface area contributed by atoms with Crippen molar-refractivity contribution in [1.82, 2.24) is 15.5 Å². The lowest BCUT2D eigenvalue weighted by molar-refractivity contribution is 0.0201. The number of hydrogen-bond acceptors (Lipinski definition) is 5. The number of isocyanates is 1.